The highest BCUT2D eigenvalue weighted by Gasteiger charge is 2.08. The van der Waals surface area contributed by atoms with E-state index in [1.54, 1.807) is 55.5 Å². The summed E-state index contributed by atoms with van der Waals surface area (Å²) >= 11 is 5.85. The average Bonchev–Trinajstić information content (AvgIpc) is 2.47. The van der Waals surface area contributed by atoms with E-state index >= 15 is 0 Å². The zero-order valence-corrected chi connectivity index (χ0v) is 12.7. The van der Waals surface area contributed by atoms with Crippen molar-refractivity contribution in [3.8, 4) is 0 Å². The zero-order chi connectivity index (χ0) is 15.9. The topological polar surface area (TPSA) is 67.4 Å². The minimum atomic E-state index is -0.429. The van der Waals surface area contributed by atoms with E-state index in [0.29, 0.717) is 28.6 Å². The van der Waals surface area contributed by atoms with E-state index in [2.05, 4.69) is 10.6 Å². The molecule has 0 aliphatic carbocycles. The molecule has 0 heterocycles. The van der Waals surface area contributed by atoms with Crippen molar-refractivity contribution in [2.24, 2.45) is 0 Å². The fourth-order valence-corrected chi connectivity index (χ4v) is 1.99. The van der Waals surface area contributed by atoms with Crippen LogP contribution >= 0.6 is 11.6 Å². The van der Waals surface area contributed by atoms with Gasteiger partial charge in [-0.2, -0.15) is 0 Å². The van der Waals surface area contributed by atoms with Crippen molar-refractivity contribution in [3.05, 3.63) is 59.1 Å². The predicted molar refractivity (Wildman–Crippen MR) is 86.5 cm³/mol. The molecule has 2 rings (SSSR count). The Morgan fingerprint density at radius 1 is 1.05 bits per heavy atom. The Kier molecular flexibility index (Phi) is 5.38. The number of hydrogen-bond donors (Lipinski definition) is 2. The first-order valence-electron chi connectivity index (χ1n) is 6.69. The second-order valence-electron chi connectivity index (χ2n) is 4.39. The molecule has 0 saturated heterocycles. The molecule has 22 heavy (non-hydrogen) atoms. The van der Waals surface area contributed by atoms with Crippen molar-refractivity contribution in [2.75, 3.05) is 17.2 Å². The van der Waals surface area contributed by atoms with Gasteiger partial charge in [0.15, 0.2) is 0 Å². The third-order valence-corrected chi connectivity index (χ3v) is 2.95. The fourth-order valence-electron chi connectivity index (χ4n) is 1.80. The lowest BCUT2D eigenvalue weighted by molar-refractivity contribution is 0.0526. The number of halogens is 1. The monoisotopic (exact) mass is 318 g/mol. The van der Waals surface area contributed by atoms with Crippen LogP contribution in [0.3, 0.4) is 0 Å². The first-order valence-corrected chi connectivity index (χ1v) is 7.07. The van der Waals surface area contributed by atoms with Crippen molar-refractivity contribution < 1.29 is 14.3 Å². The molecule has 2 aromatic rings. The zero-order valence-electron chi connectivity index (χ0n) is 11.9. The summed E-state index contributed by atoms with van der Waals surface area (Å²) in [6.45, 7) is 2.03. The van der Waals surface area contributed by atoms with Crippen molar-refractivity contribution in [2.45, 2.75) is 6.92 Å². The number of anilines is 2. The average molecular weight is 319 g/mol. The maximum atomic E-state index is 11.9. The number of carbonyl (C=O) groups is 2. The summed E-state index contributed by atoms with van der Waals surface area (Å²) in [7, 11) is 0. The lowest BCUT2D eigenvalue weighted by Crippen LogP contribution is -2.19. The van der Waals surface area contributed by atoms with Gasteiger partial charge >= 0.3 is 12.0 Å². The number of nitrogens with one attached hydrogen (secondary N) is 2. The van der Waals surface area contributed by atoms with Crippen molar-refractivity contribution >= 4 is 35.0 Å². The van der Waals surface area contributed by atoms with E-state index in [1.165, 1.54) is 0 Å². The van der Waals surface area contributed by atoms with Crippen LogP contribution in [0, 0.1) is 0 Å². The Bertz CT molecular complexity index is 689. The van der Waals surface area contributed by atoms with Crippen LogP contribution < -0.4 is 10.6 Å². The van der Waals surface area contributed by atoms with Crippen molar-refractivity contribution in [3.63, 3.8) is 0 Å². The van der Waals surface area contributed by atoms with Crippen molar-refractivity contribution in [1.29, 1.82) is 0 Å². The number of esters is 1. The summed E-state index contributed by atoms with van der Waals surface area (Å²) in [5, 5.41) is 5.83. The minimum absolute atomic E-state index is 0.297. The highest BCUT2D eigenvalue weighted by atomic mass is 35.5. The molecule has 0 unspecified atom stereocenters. The molecule has 0 aliphatic heterocycles. The SMILES string of the molecule is CCOC(=O)c1cccc(NC(=O)Nc2cccc(Cl)c2)c1. The van der Waals surface area contributed by atoms with Crippen LogP contribution in [0.5, 0.6) is 0 Å². The smallest absolute Gasteiger partial charge is 0.338 e. The number of amides is 2. The number of hydrogen-bond acceptors (Lipinski definition) is 3. The molecule has 0 bridgehead atoms. The van der Waals surface area contributed by atoms with Crippen LogP contribution in [0.15, 0.2) is 48.5 Å². The quantitative estimate of drug-likeness (QED) is 0.832. The van der Waals surface area contributed by atoms with E-state index < -0.39 is 12.0 Å². The van der Waals surface area contributed by atoms with E-state index in [1.807, 2.05) is 0 Å². The van der Waals surface area contributed by atoms with Gasteiger partial charge in [0.1, 0.15) is 0 Å². The molecule has 0 radical (unpaired) electrons. The molecular weight excluding hydrogens is 304 g/mol. The second kappa shape index (κ2) is 7.47. The van der Waals surface area contributed by atoms with Gasteiger partial charge in [0.25, 0.3) is 0 Å². The van der Waals surface area contributed by atoms with E-state index in [9.17, 15) is 9.59 Å². The Morgan fingerprint density at radius 3 is 2.32 bits per heavy atom. The summed E-state index contributed by atoms with van der Waals surface area (Å²) < 4.78 is 4.91. The Morgan fingerprint density at radius 2 is 1.68 bits per heavy atom. The van der Waals surface area contributed by atoms with Crippen LogP contribution in [0.1, 0.15) is 17.3 Å². The summed E-state index contributed by atoms with van der Waals surface area (Å²) in [4.78, 5) is 23.6. The van der Waals surface area contributed by atoms with E-state index in [0.717, 1.165) is 0 Å². The van der Waals surface area contributed by atoms with Gasteiger partial charge in [-0.05, 0) is 43.3 Å². The van der Waals surface area contributed by atoms with Crippen LogP contribution in [-0.4, -0.2) is 18.6 Å². The normalized spacial score (nSPS) is 9.91. The molecule has 0 aliphatic rings. The number of carbonyl (C=O) groups excluding carboxylic acids is 2. The molecule has 0 saturated carbocycles. The van der Waals surface area contributed by atoms with Crippen LogP contribution in [0.25, 0.3) is 0 Å². The highest BCUT2D eigenvalue weighted by Crippen LogP contribution is 2.16. The molecule has 2 N–H and O–H groups in total. The second-order valence-corrected chi connectivity index (χ2v) is 4.83. The maximum Gasteiger partial charge on any atom is 0.338 e. The summed E-state index contributed by atoms with van der Waals surface area (Å²) in [5.74, 6) is -0.429. The maximum absolute atomic E-state index is 11.9. The molecule has 2 amide bonds. The number of ether oxygens (including phenoxy) is 1. The third kappa shape index (κ3) is 4.49. The first kappa shape index (κ1) is 15.9. The van der Waals surface area contributed by atoms with Gasteiger partial charge in [-0.1, -0.05) is 23.7 Å². The van der Waals surface area contributed by atoms with Gasteiger partial charge in [0.2, 0.25) is 0 Å². The Balaban J connectivity index is 2.02. The van der Waals surface area contributed by atoms with Gasteiger partial charge < -0.3 is 15.4 Å². The van der Waals surface area contributed by atoms with Gasteiger partial charge in [-0.3, -0.25) is 0 Å². The summed E-state index contributed by atoms with van der Waals surface area (Å²) in [6, 6.07) is 12.9. The van der Waals surface area contributed by atoms with Gasteiger partial charge in [-0.15, -0.1) is 0 Å². The minimum Gasteiger partial charge on any atom is -0.462 e. The molecule has 0 atom stereocenters. The largest absolute Gasteiger partial charge is 0.462 e. The molecule has 5 nitrogen and oxygen atoms in total. The molecular formula is C16H15ClN2O3. The van der Waals surface area contributed by atoms with E-state index in [4.69, 9.17) is 16.3 Å². The molecule has 2 aromatic carbocycles. The number of rotatable bonds is 4. The Hall–Kier alpha value is -2.53. The van der Waals surface area contributed by atoms with Crippen molar-refractivity contribution in [1.82, 2.24) is 0 Å². The molecule has 0 fully saturated rings. The van der Waals surface area contributed by atoms with E-state index in [-0.39, 0.29) is 0 Å². The van der Waals surface area contributed by atoms with Crippen LogP contribution in [0.4, 0.5) is 16.2 Å². The standard InChI is InChI=1S/C16H15ClN2O3/c1-2-22-15(20)11-5-3-7-13(9-11)18-16(21)19-14-8-4-6-12(17)10-14/h3-10H,2H2,1H3,(H2,18,19,21). The molecule has 114 valence electrons. The lowest BCUT2D eigenvalue weighted by Gasteiger charge is -2.09. The lowest BCUT2D eigenvalue weighted by atomic mass is 10.2. The first-order chi connectivity index (χ1) is 10.6. The van der Waals surface area contributed by atoms with Gasteiger partial charge in [0, 0.05) is 16.4 Å². The van der Waals surface area contributed by atoms with Crippen LogP contribution in [-0.2, 0) is 4.74 Å². The number of urea groups is 1. The fraction of sp³-hybridized carbons (Fsp3) is 0.125. The predicted octanol–water partition coefficient (Wildman–Crippen LogP) is 4.16. The molecule has 6 heteroatoms. The molecule has 0 spiro atoms. The number of benzene rings is 2. The highest BCUT2D eigenvalue weighted by molar-refractivity contribution is 6.30. The summed E-state index contributed by atoms with van der Waals surface area (Å²) in [6.07, 6.45) is 0. The van der Waals surface area contributed by atoms with Gasteiger partial charge in [-0.25, -0.2) is 9.59 Å². The Labute approximate surface area is 133 Å². The third-order valence-electron chi connectivity index (χ3n) is 2.71. The summed E-state index contributed by atoms with van der Waals surface area (Å²) in [5.41, 5.74) is 1.44. The van der Waals surface area contributed by atoms with Gasteiger partial charge in [0.05, 0.1) is 12.2 Å². The molecule has 0 aromatic heterocycles. The van der Waals surface area contributed by atoms with Crippen LogP contribution in [0.2, 0.25) is 5.02 Å².